The summed E-state index contributed by atoms with van der Waals surface area (Å²) in [7, 11) is 0. The first-order valence-corrected chi connectivity index (χ1v) is 5.70. The highest BCUT2D eigenvalue weighted by Crippen LogP contribution is 1.81. The Bertz CT molecular complexity index is 62.7. The molecule has 5 heteroatoms. The minimum absolute atomic E-state index is 0.597. The number of nitrogens with zero attached hydrogens (tertiary/aromatic N) is 1. The lowest BCUT2D eigenvalue weighted by Gasteiger charge is -2.13. The molecule has 0 bridgehead atoms. The molecule has 0 saturated heterocycles. The average molecular weight is 221 g/mol. The van der Waals surface area contributed by atoms with Gasteiger partial charge in [0.1, 0.15) is 0 Å². The van der Waals surface area contributed by atoms with Gasteiger partial charge in [0.25, 0.3) is 0 Å². The SMILES string of the molecule is CCN(CC)CC.NCCN.NCCN. The zero-order valence-corrected chi connectivity index (χ0v) is 10.7. The highest BCUT2D eigenvalue weighted by atomic mass is 15.1. The first-order valence-electron chi connectivity index (χ1n) is 5.70. The van der Waals surface area contributed by atoms with Gasteiger partial charge >= 0.3 is 0 Å². The van der Waals surface area contributed by atoms with Crippen LogP contribution in [0.25, 0.3) is 0 Å². The average Bonchev–Trinajstić information content (AvgIpc) is 2.32. The van der Waals surface area contributed by atoms with Crippen LogP contribution < -0.4 is 22.9 Å². The van der Waals surface area contributed by atoms with Crippen molar-refractivity contribution in [2.24, 2.45) is 22.9 Å². The van der Waals surface area contributed by atoms with Crippen LogP contribution in [0.4, 0.5) is 0 Å². The molecule has 0 aromatic rings. The third kappa shape index (κ3) is 31.6. The van der Waals surface area contributed by atoms with Crippen LogP contribution in [0, 0.1) is 0 Å². The van der Waals surface area contributed by atoms with Crippen LogP contribution >= 0.6 is 0 Å². The smallest absolute Gasteiger partial charge is 0.00461 e. The van der Waals surface area contributed by atoms with Crippen molar-refractivity contribution in [1.29, 1.82) is 0 Å². The molecule has 0 aromatic heterocycles. The molecule has 0 aliphatic carbocycles. The van der Waals surface area contributed by atoms with Crippen LogP contribution in [0.15, 0.2) is 0 Å². The molecule has 8 N–H and O–H groups in total. The van der Waals surface area contributed by atoms with Crippen LogP contribution in [-0.2, 0) is 0 Å². The summed E-state index contributed by atoms with van der Waals surface area (Å²) in [5, 5.41) is 0. The van der Waals surface area contributed by atoms with Crippen molar-refractivity contribution in [2.75, 3.05) is 45.8 Å². The van der Waals surface area contributed by atoms with Crippen LogP contribution in [0.2, 0.25) is 0 Å². The molecule has 0 saturated carbocycles. The topological polar surface area (TPSA) is 107 Å². The molecule has 0 fully saturated rings. The fraction of sp³-hybridized carbons (Fsp3) is 1.00. The standard InChI is InChI=1S/C6H15N.2C2H8N2/c1-4-7(5-2)6-3;2*3-1-2-4/h4-6H2,1-3H3;2*1-4H2. The molecule has 0 atom stereocenters. The zero-order valence-electron chi connectivity index (χ0n) is 10.7. The zero-order chi connectivity index (χ0) is 12.5. The monoisotopic (exact) mass is 221 g/mol. The van der Waals surface area contributed by atoms with Gasteiger partial charge in [-0.25, -0.2) is 0 Å². The lowest BCUT2D eigenvalue weighted by Crippen LogP contribution is -2.21. The Morgan fingerprint density at radius 3 is 0.800 bits per heavy atom. The fourth-order valence-corrected chi connectivity index (χ4v) is 0.671. The molecular formula is C10H31N5. The van der Waals surface area contributed by atoms with Gasteiger partial charge in [-0.15, -0.1) is 0 Å². The Hall–Kier alpha value is -0.200. The molecular weight excluding hydrogens is 190 g/mol. The van der Waals surface area contributed by atoms with Gasteiger partial charge in [-0.3, -0.25) is 0 Å². The van der Waals surface area contributed by atoms with E-state index in [9.17, 15) is 0 Å². The van der Waals surface area contributed by atoms with Gasteiger partial charge in [-0.2, -0.15) is 0 Å². The second kappa shape index (κ2) is 23.5. The van der Waals surface area contributed by atoms with E-state index in [-0.39, 0.29) is 0 Å². The maximum absolute atomic E-state index is 4.90. The molecule has 0 spiro atoms. The van der Waals surface area contributed by atoms with Crippen molar-refractivity contribution in [3.63, 3.8) is 0 Å². The van der Waals surface area contributed by atoms with Gasteiger partial charge in [0.05, 0.1) is 0 Å². The highest BCUT2D eigenvalue weighted by molar-refractivity contribution is 4.43. The normalized spacial score (nSPS) is 8.80. The molecule has 0 aromatic carbocycles. The first kappa shape index (κ1) is 20.2. The van der Waals surface area contributed by atoms with E-state index in [0.717, 1.165) is 0 Å². The molecule has 0 rings (SSSR count). The molecule has 5 nitrogen and oxygen atoms in total. The Morgan fingerprint density at radius 2 is 0.800 bits per heavy atom. The first-order chi connectivity index (χ1) is 7.17. The van der Waals surface area contributed by atoms with Crippen molar-refractivity contribution in [1.82, 2.24) is 4.90 Å². The number of nitrogens with two attached hydrogens (primary N) is 4. The largest absolute Gasteiger partial charge is 0.329 e. The summed E-state index contributed by atoms with van der Waals surface area (Å²) in [5.41, 5.74) is 19.6. The lowest BCUT2D eigenvalue weighted by atomic mass is 10.5. The summed E-state index contributed by atoms with van der Waals surface area (Å²) in [6.45, 7) is 12.5. The Labute approximate surface area is 95.2 Å². The Balaban J connectivity index is -0.000000155. The molecule has 96 valence electrons. The van der Waals surface area contributed by atoms with E-state index in [0.29, 0.717) is 26.2 Å². The van der Waals surface area contributed by atoms with Crippen LogP contribution in [0.1, 0.15) is 20.8 Å². The van der Waals surface area contributed by atoms with E-state index in [1.807, 2.05) is 0 Å². The van der Waals surface area contributed by atoms with E-state index in [4.69, 9.17) is 22.9 Å². The number of hydrogen-bond acceptors (Lipinski definition) is 5. The molecule has 0 unspecified atom stereocenters. The van der Waals surface area contributed by atoms with Gasteiger partial charge in [0.15, 0.2) is 0 Å². The predicted octanol–water partition coefficient (Wildman–Crippen LogP) is -0.844. The quantitative estimate of drug-likeness (QED) is 0.484. The van der Waals surface area contributed by atoms with E-state index in [2.05, 4.69) is 25.7 Å². The van der Waals surface area contributed by atoms with Crippen molar-refractivity contribution >= 4 is 0 Å². The lowest BCUT2D eigenvalue weighted by molar-refractivity contribution is 0.321. The van der Waals surface area contributed by atoms with E-state index >= 15 is 0 Å². The van der Waals surface area contributed by atoms with E-state index in [1.54, 1.807) is 0 Å². The summed E-state index contributed by atoms with van der Waals surface area (Å²) in [6, 6.07) is 0. The van der Waals surface area contributed by atoms with Crippen molar-refractivity contribution in [3.8, 4) is 0 Å². The Morgan fingerprint density at radius 1 is 0.600 bits per heavy atom. The third-order valence-electron chi connectivity index (χ3n) is 1.67. The van der Waals surface area contributed by atoms with Gasteiger partial charge in [-0.1, -0.05) is 20.8 Å². The highest BCUT2D eigenvalue weighted by Gasteiger charge is 1.89. The van der Waals surface area contributed by atoms with Crippen molar-refractivity contribution in [3.05, 3.63) is 0 Å². The van der Waals surface area contributed by atoms with Crippen molar-refractivity contribution in [2.45, 2.75) is 20.8 Å². The molecule has 0 aliphatic heterocycles. The fourth-order valence-electron chi connectivity index (χ4n) is 0.671. The van der Waals surface area contributed by atoms with Crippen molar-refractivity contribution < 1.29 is 0 Å². The maximum Gasteiger partial charge on any atom is 0.00461 e. The van der Waals surface area contributed by atoms with E-state index < -0.39 is 0 Å². The Kier molecular flexibility index (Phi) is 31.8. The van der Waals surface area contributed by atoms with Gasteiger partial charge in [0, 0.05) is 26.2 Å². The van der Waals surface area contributed by atoms with Crippen LogP contribution in [0.3, 0.4) is 0 Å². The van der Waals surface area contributed by atoms with Gasteiger partial charge < -0.3 is 27.8 Å². The number of rotatable bonds is 5. The van der Waals surface area contributed by atoms with Gasteiger partial charge in [0.2, 0.25) is 0 Å². The van der Waals surface area contributed by atoms with Gasteiger partial charge in [-0.05, 0) is 19.6 Å². The van der Waals surface area contributed by atoms with Crippen LogP contribution in [0.5, 0.6) is 0 Å². The molecule has 0 aliphatic rings. The summed E-state index contributed by atoms with van der Waals surface area (Å²) < 4.78 is 0. The second-order valence-corrected chi connectivity index (χ2v) is 2.77. The van der Waals surface area contributed by atoms with E-state index in [1.165, 1.54) is 19.6 Å². The molecule has 15 heavy (non-hydrogen) atoms. The summed E-state index contributed by atoms with van der Waals surface area (Å²) in [5.74, 6) is 0. The predicted molar refractivity (Wildman–Crippen MR) is 69.7 cm³/mol. The summed E-state index contributed by atoms with van der Waals surface area (Å²) in [4.78, 5) is 2.38. The maximum atomic E-state index is 4.90. The summed E-state index contributed by atoms with van der Waals surface area (Å²) in [6.07, 6.45) is 0. The minimum atomic E-state index is 0.597. The van der Waals surface area contributed by atoms with Crippen LogP contribution in [-0.4, -0.2) is 50.7 Å². The third-order valence-corrected chi connectivity index (χ3v) is 1.67. The molecule has 0 heterocycles. The second-order valence-electron chi connectivity index (χ2n) is 2.77. The summed E-state index contributed by atoms with van der Waals surface area (Å²) >= 11 is 0. The molecule has 0 amide bonds. The minimum Gasteiger partial charge on any atom is -0.329 e. The number of hydrogen-bond donors (Lipinski definition) is 4. The molecule has 0 radical (unpaired) electrons.